The summed E-state index contributed by atoms with van der Waals surface area (Å²) in [5, 5.41) is 3.15. The summed E-state index contributed by atoms with van der Waals surface area (Å²) in [5.74, 6) is -0.951. The molecule has 1 aliphatic heterocycles. The molecule has 2 amide bonds. The monoisotopic (exact) mass is 402 g/mol. The lowest BCUT2D eigenvalue weighted by molar-refractivity contribution is -0.149. The highest BCUT2D eigenvalue weighted by Gasteiger charge is 2.30. The van der Waals surface area contributed by atoms with Gasteiger partial charge in [0, 0.05) is 12.5 Å². The van der Waals surface area contributed by atoms with Crippen LogP contribution in [0.5, 0.6) is 5.75 Å². The van der Waals surface area contributed by atoms with Crippen molar-refractivity contribution in [1.82, 2.24) is 0 Å². The van der Waals surface area contributed by atoms with E-state index in [1.807, 2.05) is 0 Å². The van der Waals surface area contributed by atoms with Crippen LogP contribution < -0.4 is 15.0 Å². The smallest absolute Gasteiger partial charge is 0.344 e. The number of hydrogen-bond donors (Lipinski definition) is 1. The van der Waals surface area contributed by atoms with E-state index in [0.717, 1.165) is 0 Å². The number of anilines is 2. The Morgan fingerprint density at radius 3 is 2.64 bits per heavy atom. The van der Waals surface area contributed by atoms with Gasteiger partial charge in [0.05, 0.1) is 16.4 Å². The number of amides is 2. The Morgan fingerprint density at radius 1 is 1.14 bits per heavy atom. The number of ether oxygens (including phenoxy) is 2. The summed E-state index contributed by atoms with van der Waals surface area (Å²) in [6, 6.07) is 13.3. The van der Waals surface area contributed by atoms with Gasteiger partial charge in [-0.2, -0.15) is 0 Å². The molecule has 1 heterocycles. The zero-order chi connectivity index (χ0) is 20.1. The Morgan fingerprint density at radius 2 is 1.86 bits per heavy atom. The molecule has 0 spiro atoms. The van der Waals surface area contributed by atoms with Crippen LogP contribution in [0.25, 0.3) is 0 Å². The molecule has 0 aliphatic carbocycles. The van der Waals surface area contributed by atoms with Gasteiger partial charge < -0.3 is 19.7 Å². The normalized spacial score (nSPS) is 15.9. The van der Waals surface area contributed by atoms with E-state index < -0.39 is 18.5 Å². The fourth-order valence-corrected chi connectivity index (χ4v) is 3.11. The summed E-state index contributed by atoms with van der Waals surface area (Å²) >= 11 is 5.96. The number of nitrogens with zero attached hydrogens (tertiary/aromatic N) is 1. The number of carbonyl (C=O) groups is 3. The highest BCUT2D eigenvalue weighted by molar-refractivity contribution is 6.32. The van der Waals surface area contributed by atoms with Crippen LogP contribution in [0.15, 0.2) is 48.5 Å². The number of esters is 1. The molecule has 0 unspecified atom stereocenters. The molecule has 3 rings (SSSR count). The first-order valence-electron chi connectivity index (χ1n) is 8.69. The lowest BCUT2D eigenvalue weighted by Gasteiger charge is -2.27. The molecule has 1 atom stereocenters. The summed E-state index contributed by atoms with van der Waals surface area (Å²) in [5.41, 5.74) is 1.10. The zero-order valence-electron chi connectivity index (χ0n) is 15.2. The van der Waals surface area contributed by atoms with E-state index >= 15 is 0 Å². The number of hydrogen-bond acceptors (Lipinski definition) is 5. The lowest BCUT2D eigenvalue weighted by atomic mass is 10.1. The maximum Gasteiger partial charge on any atom is 0.344 e. The lowest BCUT2D eigenvalue weighted by Crippen LogP contribution is -2.41. The minimum atomic E-state index is -0.696. The molecule has 2 aromatic rings. The standard InChI is InChI=1S/C20H19ClN2O5/c1-13-10-18(24)22-15-7-3-4-8-16(15)23(13)19(25)11-28-20(26)12-27-17-9-5-2-6-14(17)21/h2-9,13H,10-12H2,1H3,(H,22,24)/t13-/m1/s1. The predicted octanol–water partition coefficient (Wildman–Crippen LogP) is 3.03. The number of halogens is 1. The van der Waals surface area contributed by atoms with Crippen LogP contribution in [-0.2, 0) is 19.1 Å². The first-order valence-corrected chi connectivity index (χ1v) is 9.07. The minimum absolute atomic E-state index is 0.143. The number of rotatable bonds is 5. The van der Waals surface area contributed by atoms with Crippen LogP contribution >= 0.6 is 11.6 Å². The van der Waals surface area contributed by atoms with Gasteiger partial charge in [-0.25, -0.2) is 4.79 Å². The second-order valence-electron chi connectivity index (χ2n) is 6.26. The van der Waals surface area contributed by atoms with Gasteiger partial charge in [-0.05, 0) is 31.2 Å². The van der Waals surface area contributed by atoms with Gasteiger partial charge in [0.25, 0.3) is 5.91 Å². The SMILES string of the molecule is C[C@@H]1CC(=O)Nc2ccccc2N1C(=O)COC(=O)COc1ccccc1Cl. The van der Waals surface area contributed by atoms with E-state index in [1.54, 1.807) is 55.5 Å². The van der Waals surface area contributed by atoms with Gasteiger partial charge in [-0.3, -0.25) is 9.59 Å². The van der Waals surface area contributed by atoms with Crippen LogP contribution in [0.1, 0.15) is 13.3 Å². The molecule has 1 aliphatic rings. The minimum Gasteiger partial charge on any atom is -0.480 e. The van der Waals surface area contributed by atoms with Crippen molar-refractivity contribution in [1.29, 1.82) is 0 Å². The Bertz CT molecular complexity index is 902. The molecular formula is C20H19ClN2O5. The summed E-state index contributed by atoms with van der Waals surface area (Å²) in [6.45, 7) is 0.933. The van der Waals surface area contributed by atoms with E-state index in [1.165, 1.54) is 4.90 Å². The van der Waals surface area contributed by atoms with Crippen LogP contribution in [0.3, 0.4) is 0 Å². The number of nitrogens with one attached hydrogen (secondary N) is 1. The maximum absolute atomic E-state index is 12.7. The van der Waals surface area contributed by atoms with Gasteiger partial charge in [-0.15, -0.1) is 0 Å². The fourth-order valence-electron chi connectivity index (χ4n) is 2.92. The zero-order valence-corrected chi connectivity index (χ0v) is 15.9. The van der Waals surface area contributed by atoms with Crippen LogP contribution in [0, 0.1) is 0 Å². The molecule has 2 aromatic carbocycles. The summed E-state index contributed by atoms with van der Waals surface area (Å²) < 4.78 is 10.3. The molecule has 8 heteroatoms. The number of fused-ring (bicyclic) bond motifs is 1. The average molecular weight is 403 g/mol. The van der Waals surface area contributed by atoms with Gasteiger partial charge in [0.2, 0.25) is 5.91 Å². The van der Waals surface area contributed by atoms with E-state index in [-0.39, 0.29) is 25.0 Å². The molecule has 0 radical (unpaired) electrons. The molecule has 0 bridgehead atoms. The molecule has 0 saturated carbocycles. The number of carbonyl (C=O) groups excluding carboxylic acids is 3. The Hall–Kier alpha value is -3.06. The molecule has 146 valence electrons. The molecular weight excluding hydrogens is 384 g/mol. The van der Waals surface area contributed by atoms with E-state index in [2.05, 4.69) is 5.32 Å². The van der Waals surface area contributed by atoms with Crippen molar-refractivity contribution in [3.8, 4) is 5.75 Å². The molecule has 7 nitrogen and oxygen atoms in total. The van der Waals surface area contributed by atoms with Crippen LogP contribution in [0.2, 0.25) is 5.02 Å². The van der Waals surface area contributed by atoms with E-state index in [9.17, 15) is 14.4 Å². The van der Waals surface area contributed by atoms with Gasteiger partial charge in [-0.1, -0.05) is 35.9 Å². The summed E-state index contributed by atoms with van der Waals surface area (Å²) in [7, 11) is 0. The first-order chi connectivity index (χ1) is 13.5. The highest BCUT2D eigenvalue weighted by atomic mass is 35.5. The molecule has 1 N–H and O–H groups in total. The molecule has 0 aromatic heterocycles. The first kappa shape index (κ1) is 19.7. The third-order valence-corrected chi connectivity index (χ3v) is 4.48. The second kappa shape index (κ2) is 8.75. The van der Waals surface area contributed by atoms with E-state index in [0.29, 0.717) is 22.1 Å². The Balaban J connectivity index is 1.61. The van der Waals surface area contributed by atoms with Crippen molar-refractivity contribution in [2.24, 2.45) is 0 Å². The van der Waals surface area contributed by atoms with Crippen molar-refractivity contribution in [3.63, 3.8) is 0 Å². The van der Waals surface area contributed by atoms with Crippen LogP contribution in [-0.4, -0.2) is 37.0 Å². The van der Waals surface area contributed by atoms with Crippen molar-refractivity contribution in [2.45, 2.75) is 19.4 Å². The summed E-state index contributed by atoms with van der Waals surface area (Å²) in [4.78, 5) is 38.1. The highest BCUT2D eigenvalue weighted by Crippen LogP contribution is 2.31. The van der Waals surface area contributed by atoms with Crippen LogP contribution in [0.4, 0.5) is 11.4 Å². The second-order valence-corrected chi connectivity index (χ2v) is 6.67. The van der Waals surface area contributed by atoms with E-state index in [4.69, 9.17) is 21.1 Å². The molecule has 0 saturated heterocycles. The largest absolute Gasteiger partial charge is 0.480 e. The third-order valence-electron chi connectivity index (χ3n) is 4.17. The average Bonchev–Trinajstić information content (AvgIpc) is 2.79. The number of benzene rings is 2. The van der Waals surface area contributed by atoms with Crippen molar-refractivity contribution in [3.05, 3.63) is 53.6 Å². The topological polar surface area (TPSA) is 84.9 Å². The molecule has 0 fully saturated rings. The van der Waals surface area contributed by atoms with Crippen molar-refractivity contribution < 1.29 is 23.9 Å². The predicted molar refractivity (Wildman–Crippen MR) is 105 cm³/mol. The van der Waals surface area contributed by atoms with Crippen molar-refractivity contribution >= 4 is 40.8 Å². The summed E-state index contributed by atoms with van der Waals surface area (Å²) in [6.07, 6.45) is 0.143. The maximum atomic E-state index is 12.7. The quantitative estimate of drug-likeness (QED) is 0.777. The Kier molecular flexibility index (Phi) is 6.16. The van der Waals surface area contributed by atoms with Gasteiger partial charge in [0.15, 0.2) is 13.2 Å². The fraction of sp³-hybridized carbons (Fsp3) is 0.250. The Labute approximate surface area is 167 Å². The van der Waals surface area contributed by atoms with Crippen molar-refractivity contribution in [2.75, 3.05) is 23.4 Å². The third kappa shape index (κ3) is 4.61. The number of para-hydroxylation sites is 3. The van der Waals surface area contributed by atoms with Gasteiger partial charge >= 0.3 is 5.97 Å². The molecule has 28 heavy (non-hydrogen) atoms. The van der Waals surface area contributed by atoms with Gasteiger partial charge in [0.1, 0.15) is 5.75 Å².